The fraction of sp³-hybridized carbons (Fsp3) is 0.700. The highest BCUT2D eigenvalue weighted by atomic mass is 79.9. The summed E-state index contributed by atoms with van der Waals surface area (Å²) >= 11 is 3.66. The molecule has 0 aliphatic rings. The average Bonchev–Trinajstić information content (AvgIpc) is 2.54. The first-order chi connectivity index (χ1) is 10.8. The summed E-state index contributed by atoms with van der Waals surface area (Å²) in [5, 5.41) is 1.03. The summed E-state index contributed by atoms with van der Waals surface area (Å²) in [6, 6.07) is 10.2. The van der Waals surface area contributed by atoms with Crippen molar-refractivity contribution in [3.05, 3.63) is 30.3 Å². The van der Waals surface area contributed by atoms with E-state index in [4.69, 9.17) is 4.74 Å². The summed E-state index contributed by atoms with van der Waals surface area (Å²) in [6.07, 6.45) is 12.6. The fourth-order valence-electron chi connectivity index (χ4n) is 2.79. The van der Waals surface area contributed by atoms with Gasteiger partial charge >= 0.3 is 0 Å². The van der Waals surface area contributed by atoms with E-state index in [1.807, 2.05) is 30.3 Å². The van der Waals surface area contributed by atoms with Gasteiger partial charge in [0.05, 0.1) is 6.10 Å². The number of benzene rings is 1. The van der Waals surface area contributed by atoms with Crippen molar-refractivity contribution < 1.29 is 4.74 Å². The van der Waals surface area contributed by atoms with Gasteiger partial charge in [0, 0.05) is 11.2 Å². The third-order valence-electron chi connectivity index (χ3n) is 4.36. The molecule has 0 aromatic heterocycles. The van der Waals surface area contributed by atoms with E-state index in [1.54, 1.807) is 0 Å². The van der Waals surface area contributed by atoms with Crippen LogP contribution in [0.4, 0.5) is 0 Å². The average molecular weight is 369 g/mol. The standard InChI is InChI=1S/C20H33BrO/c1-3-4-5-6-7-8-9-11-14-19(17-21)18(2)22-20-15-12-10-13-16-20/h10,12-13,15-16,18-19H,3-9,11,14,17H2,1-2H3. The zero-order chi connectivity index (χ0) is 16.0. The van der Waals surface area contributed by atoms with Crippen molar-refractivity contribution in [1.29, 1.82) is 0 Å². The minimum Gasteiger partial charge on any atom is -0.490 e. The molecule has 1 aromatic rings. The van der Waals surface area contributed by atoms with Crippen LogP contribution >= 0.6 is 15.9 Å². The van der Waals surface area contributed by atoms with Gasteiger partial charge in [0.15, 0.2) is 0 Å². The minimum atomic E-state index is 0.270. The van der Waals surface area contributed by atoms with E-state index in [2.05, 4.69) is 29.8 Å². The Labute approximate surface area is 146 Å². The Morgan fingerprint density at radius 3 is 2.09 bits per heavy atom. The van der Waals surface area contributed by atoms with E-state index in [1.165, 1.54) is 57.8 Å². The molecule has 0 saturated heterocycles. The number of unbranched alkanes of at least 4 members (excludes halogenated alkanes) is 7. The second-order valence-electron chi connectivity index (χ2n) is 6.31. The van der Waals surface area contributed by atoms with Crippen molar-refractivity contribution in [2.24, 2.45) is 5.92 Å². The predicted molar refractivity (Wildman–Crippen MR) is 101 cm³/mol. The third kappa shape index (κ3) is 8.82. The summed E-state index contributed by atoms with van der Waals surface area (Å²) in [6.45, 7) is 4.47. The number of hydrogen-bond acceptors (Lipinski definition) is 1. The normalized spacial score (nSPS) is 13.8. The first kappa shape index (κ1) is 19.5. The van der Waals surface area contributed by atoms with E-state index < -0.39 is 0 Å². The van der Waals surface area contributed by atoms with Crippen LogP contribution in [0.3, 0.4) is 0 Å². The molecule has 0 aliphatic heterocycles. The first-order valence-electron chi connectivity index (χ1n) is 9.05. The van der Waals surface area contributed by atoms with E-state index in [-0.39, 0.29) is 6.10 Å². The molecule has 2 unspecified atom stereocenters. The van der Waals surface area contributed by atoms with E-state index in [9.17, 15) is 0 Å². The van der Waals surface area contributed by atoms with Gasteiger partial charge < -0.3 is 4.74 Å². The second-order valence-corrected chi connectivity index (χ2v) is 6.96. The van der Waals surface area contributed by atoms with Crippen molar-refractivity contribution in [1.82, 2.24) is 0 Å². The van der Waals surface area contributed by atoms with Crippen molar-refractivity contribution in [3.63, 3.8) is 0 Å². The number of rotatable bonds is 13. The lowest BCUT2D eigenvalue weighted by Gasteiger charge is -2.23. The van der Waals surface area contributed by atoms with Crippen LogP contribution in [0.15, 0.2) is 30.3 Å². The summed E-state index contributed by atoms with van der Waals surface area (Å²) in [5.74, 6) is 1.58. The van der Waals surface area contributed by atoms with Crippen LogP contribution in [-0.2, 0) is 0 Å². The Balaban J connectivity index is 2.13. The van der Waals surface area contributed by atoms with Crippen LogP contribution in [0.1, 0.15) is 71.6 Å². The molecule has 0 N–H and O–H groups in total. The molecule has 0 amide bonds. The van der Waals surface area contributed by atoms with Crippen LogP contribution < -0.4 is 4.74 Å². The van der Waals surface area contributed by atoms with E-state index in [0.29, 0.717) is 5.92 Å². The van der Waals surface area contributed by atoms with Crippen molar-refractivity contribution >= 4 is 15.9 Å². The quantitative estimate of drug-likeness (QED) is 0.269. The smallest absolute Gasteiger partial charge is 0.119 e. The SMILES string of the molecule is CCCCCCCCCCC(CBr)C(C)Oc1ccccc1. The van der Waals surface area contributed by atoms with Gasteiger partial charge in [0.25, 0.3) is 0 Å². The molecule has 1 aromatic carbocycles. The zero-order valence-electron chi connectivity index (χ0n) is 14.4. The van der Waals surface area contributed by atoms with Crippen LogP contribution in [0.2, 0.25) is 0 Å². The monoisotopic (exact) mass is 368 g/mol. The molecule has 0 heterocycles. The Hall–Kier alpha value is -0.500. The molecule has 0 aliphatic carbocycles. The molecule has 1 rings (SSSR count). The van der Waals surface area contributed by atoms with Gasteiger partial charge in [-0.3, -0.25) is 0 Å². The highest BCUT2D eigenvalue weighted by Gasteiger charge is 2.17. The minimum absolute atomic E-state index is 0.270. The number of alkyl halides is 1. The van der Waals surface area contributed by atoms with Crippen LogP contribution in [0, 0.1) is 5.92 Å². The molecule has 2 heteroatoms. The maximum absolute atomic E-state index is 6.06. The predicted octanol–water partition coefficient (Wildman–Crippen LogP) is 7.00. The highest BCUT2D eigenvalue weighted by Crippen LogP contribution is 2.22. The molecule has 0 fully saturated rings. The summed E-state index contributed by atoms with van der Waals surface area (Å²) in [5.41, 5.74) is 0. The molecule has 1 nitrogen and oxygen atoms in total. The molecule has 22 heavy (non-hydrogen) atoms. The van der Waals surface area contributed by atoms with E-state index >= 15 is 0 Å². The number of ether oxygens (including phenoxy) is 1. The Kier molecular flexibility index (Phi) is 11.5. The van der Waals surface area contributed by atoms with Crippen LogP contribution in [0.25, 0.3) is 0 Å². The van der Waals surface area contributed by atoms with Crippen molar-refractivity contribution in [3.8, 4) is 5.75 Å². The lowest BCUT2D eigenvalue weighted by atomic mass is 9.97. The number of halogens is 1. The molecule has 0 saturated carbocycles. The zero-order valence-corrected chi connectivity index (χ0v) is 16.0. The Bertz CT molecular complexity index is 352. The molecule has 0 radical (unpaired) electrons. The second kappa shape index (κ2) is 13.0. The lowest BCUT2D eigenvalue weighted by Crippen LogP contribution is -2.25. The Morgan fingerprint density at radius 2 is 1.50 bits per heavy atom. The summed E-state index contributed by atoms with van der Waals surface area (Å²) < 4.78 is 6.06. The fourth-order valence-corrected chi connectivity index (χ4v) is 3.64. The molecular formula is C20H33BrO. The topological polar surface area (TPSA) is 9.23 Å². The third-order valence-corrected chi connectivity index (χ3v) is 5.19. The van der Waals surface area contributed by atoms with Gasteiger partial charge in [-0.05, 0) is 25.5 Å². The Morgan fingerprint density at radius 1 is 0.909 bits per heavy atom. The number of para-hydroxylation sites is 1. The van der Waals surface area contributed by atoms with Gasteiger partial charge in [-0.1, -0.05) is 92.4 Å². The molecular weight excluding hydrogens is 336 g/mol. The first-order valence-corrected chi connectivity index (χ1v) is 10.2. The van der Waals surface area contributed by atoms with E-state index in [0.717, 1.165) is 11.1 Å². The van der Waals surface area contributed by atoms with Crippen LogP contribution in [0.5, 0.6) is 5.75 Å². The van der Waals surface area contributed by atoms with Gasteiger partial charge in [0.1, 0.15) is 5.75 Å². The summed E-state index contributed by atoms with van der Waals surface area (Å²) in [7, 11) is 0. The van der Waals surface area contributed by atoms with Crippen LogP contribution in [-0.4, -0.2) is 11.4 Å². The largest absolute Gasteiger partial charge is 0.490 e. The molecule has 0 spiro atoms. The van der Waals surface area contributed by atoms with Crippen molar-refractivity contribution in [2.45, 2.75) is 77.7 Å². The highest BCUT2D eigenvalue weighted by molar-refractivity contribution is 9.09. The lowest BCUT2D eigenvalue weighted by molar-refractivity contribution is 0.156. The van der Waals surface area contributed by atoms with Gasteiger partial charge in [-0.25, -0.2) is 0 Å². The maximum atomic E-state index is 6.06. The van der Waals surface area contributed by atoms with Gasteiger partial charge in [-0.2, -0.15) is 0 Å². The van der Waals surface area contributed by atoms with Gasteiger partial charge in [-0.15, -0.1) is 0 Å². The molecule has 126 valence electrons. The summed E-state index contributed by atoms with van der Waals surface area (Å²) in [4.78, 5) is 0. The molecule has 2 atom stereocenters. The maximum Gasteiger partial charge on any atom is 0.119 e. The molecule has 0 bridgehead atoms. The number of hydrogen-bond donors (Lipinski definition) is 0. The van der Waals surface area contributed by atoms with Crippen molar-refractivity contribution in [2.75, 3.05) is 5.33 Å². The van der Waals surface area contributed by atoms with Gasteiger partial charge in [0.2, 0.25) is 0 Å².